The Labute approximate surface area is 129 Å². The molecule has 2 amide bonds. The highest BCUT2D eigenvalue weighted by Gasteiger charge is 2.23. The van der Waals surface area contributed by atoms with E-state index < -0.39 is 0 Å². The van der Waals surface area contributed by atoms with E-state index in [4.69, 9.17) is 17.3 Å². The Kier molecular flexibility index (Phi) is 5.20. The van der Waals surface area contributed by atoms with E-state index in [1.165, 1.54) is 0 Å². The van der Waals surface area contributed by atoms with E-state index in [-0.39, 0.29) is 17.7 Å². The first kappa shape index (κ1) is 15.8. The Balaban J connectivity index is 2.08. The van der Waals surface area contributed by atoms with Gasteiger partial charge in [-0.05, 0) is 37.6 Å². The highest BCUT2D eigenvalue weighted by atomic mass is 35.5. The van der Waals surface area contributed by atoms with Crippen molar-refractivity contribution in [2.75, 3.05) is 23.3 Å². The molecule has 0 bridgehead atoms. The van der Waals surface area contributed by atoms with Crippen LogP contribution in [-0.2, 0) is 9.59 Å². The standard InChI is InChI=1S/C15H20ClN3O2/c1-10(6-7-17)15(21)18-11-4-5-13(12(16)9-11)19-8-2-3-14(19)20/h4-5,9-10H,2-3,6-8,17H2,1H3,(H,18,21). The fourth-order valence-corrected chi connectivity index (χ4v) is 2.64. The lowest BCUT2D eigenvalue weighted by atomic mass is 10.1. The first-order chi connectivity index (χ1) is 10.0. The van der Waals surface area contributed by atoms with Crippen molar-refractivity contribution in [3.05, 3.63) is 23.2 Å². The monoisotopic (exact) mass is 309 g/mol. The molecule has 5 nitrogen and oxygen atoms in total. The summed E-state index contributed by atoms with van der Waals surface area (Å²) in [5.74, 6) is -0.139. The number of carbonyl (C=O) groups excluding carboxylic acids is 2. The van der Waals surface area contributed by atoms with Crippen LogP contribution in [0.5, 0.6) is 0 Å². The number of hydrogen-bond donors (Lipinski definition) is 2. The minimum atomic E-state index is -0.145. The number of amides is 2. The highest BCUT2D eigenvalue weighted by Crippen LogP contribution is 2.31. The van der Waals surface area contributed by atoms with Gasteiger partial charge in [-0.15, -0.1) is 0 Å². The number of carbonyl (C=O) groups is 2. The zero-order valence-electron chi connectivity index (χ0n) is 12.1. The van der Waals surface area contributed by atoms with E-state index in [9.17, 15) is 9.59 Å². The molecule has 1 aromatic carbocycles. The van der Waals surface area contributed by atoms with Crippen molar-refractivity contribution in [1.82, 2.24) is 0 Å². The van der Waals surface area contributed by atoms with Crippen LogP contribution in [-0.4, -0.2) is 24.9 Å². The maximum absolute atomic E-state index is 11.9. The molecule has 0 radical (unpaired) electrons. The molecule has 1 saturated heterocycles. The van der Waals surface area contributed by atoms with E-state index in [0.717, 1.165) is 6.42 Å². The molecular weight excluding hydrogens is 290 g/mol. The summed E-state index contributed by atoms with van der Waals surface area (Å²) in [6.45, 7) is 3.00. The van der Waals surface area contributed by atoms with Crippen molar-refractivity contribution >= 4 is 34.8 Å². The van der Waals surface area contributed by atoms with E-state index >= 15 is 0 Å². The Bertz CT molecular complexity index is 548. The van der Waals surface area contributed by atoms with E-state index in [1.807, 2.05) is 6.92 Å². The lowest BCUT2D eigenvalue weighted by Gasteiger charge is -2.18. The summed E-state index contributed by atoms with van der Waals surface area (Å²) in [6.07, 6.45) is 2.05. The van der Waals surface area contributed by atoms with Gasteiger partial charge in [0.15, 0.2) is 0 Å². The van der Waals surface area contributed by atoms with Gasteiger partial charge in [-0.3, -0.25) is 9.59 Å². The largest absolute Gasteiger partial charge is 0.330 e. The molecule has 21 heavy (non-hydrogen) atoms. The minimum Gasteiger partial charge on any atom is -0.330 e. The summed E-state index contributed by atoms with van der Waals surface area (Å²) in [5.41, 5.74) is 6.78. The number of rotatable bonds is 5. The van der Waals surface area contributed by atoms with Crippen molar-refractivity contribution in [2.45, 2.75) is 26.2 Å². The zero-order valence-corrected chi connectivity index (χ0v) is 12.8. The van der Waals surface area contributed by atoms with Crippen LogP contribution >= 0.6 is 11.6 Å². The maximum atomic E-state index is 11.9. The third-order valence-electron chi connectivity index (χ3n) is 3.63. The van der Waals surface area contributed by atoms with Crippen molar-refractivity contribution in [3.8, 4) is 0 Å². The van der Waals surface area contributed by atoms with Gasteiger partial charge in [-0.1, -0.05) is 18.5 Å². The zero-order chi connectivity index (χ0) is 15.4. The molecule has 1 aliphatic heterocycles. The molecule has 114 valence electrons. The van der Waals surface area contributed by atoms with Crippen LogP contribution in [0.15, 0.2) is 18.2 Å². The second-order valence-electron chi connectivity index (χ2n) is 5.28. The topological polar surface area (TPSA) is 75.4 Å². The van der Waals surface area contributed by atoms with Gasteiger partial charge in [0.05, 0.1) is 10.7 Å². The number of benzene rings is 1. The molecule has 1 heterocycles. The summed E-state index contributed by atoms with van der Waals surface area (Å²) in [4.78, 5) is 25.4. The maximum Gasteiger partial charge on any atom is 0.227 e. The molecule has 6 heteroatoms. The number of nitrogens with one attached hydrogen (secondary N) is 1. The quantitative estimate of drug-likeness (QED) is 0.877. The molecule has 2 rings (SSSR count). The first-order valence-electron chi connectivity index (χ1n) is 7.13. The predicted molar refractivity (Wildman–Crippen MR) is 84.5 cm³/mol. The molecule has 1 fully saturated rings. The summed E-state index contributed by atoms with van der Waals surface area (Å²) < 4.78 is 0. The third kappa shape index (κ3) is 3.74. The number of anilines is 2. The van der Waals surface area contributed by atoms with Gasteiger partial charge in [0.25, 0.3) is 0 Å². The lowest BCUT2D eigenvalue weighted by Crippen LogP contribution is -2.24. The smallest absolute Gasteiger partial charge is 0.227 e. The third-order valence-corrected chi connectivity index (χ3v) is 3.93. The van der Waals surface area contributed by atoms with E-state index in [2.05, 4.69) is 5.32 Å². The molecular formula is C15H20ClN3O2. The highest BCUT2D eigenvalue weighted by molar-refractivity contribution is 6.34. The summed E-state index contributed by atoms with van der Waals surface area (Å²) >= 11 is 6.23. The molecule has 1 aromatic rings. The SMILES string of the molecule is CC(CCN)C(=O)Nc1ccc(N2CCCC2=O)c(Cl)c1. The van der Waals surface area contributed by atoms with Crippen molar-refractivity contribution in [2.24, 2.45) is 11.7 Å². The van der Waals surface area contributed by atoms with Gasteiger partial charge in [-0.25, -0.2) is 0 Å². The molecule has 1 aliphatic rings. The van der Waals surface area contributed by atoms with E-state index in [0.29, 0.717) is 42.3 Å². The first-order valence-corrected chi connectivity index (χ1v) is 7.51. The van der Waals surface area contributed by atoms with Crippen LogP contribution in [0.25, 0.3) is 0 Å². The Morgan fingerprint density at radius 2 is 2.29 bits per heavy atom. The van der Waals surface area contributed by atoms with Gasteiger partial charge in [0.1, 0.15) is 0 Å². The lowest BCUT2D eigenvalue weighted by molar-refractivity contribution is -0.119. The Hall–Kier alpha value is -1.59. The molecule has 1 unspecified atom stereocenters. The fraction of sp³-hybridized carbons (Fsp3) is 0.467. The Morgan fingerprint density at radius 3 is 2.86 bits per heavy atom. The van der Waals surface area contributed by atoms with Gasteiger partial charge in [-0.2, -0.15) is 0 Å². The van der Waals surface area contributed by atoms with Crippen LogP contribution in [0.1, 0.15) is 26.2 Å². The molecule has 0 aromatic heterocycles. The molecule has 0 saturated carbocycles. The molecule has 1 atom stereocenters. The minimum absolute atomic E-state index is 0.0819. The Morgan fingerprint density at radius 1 is 1.52 bits per heavy atom. The molecule has 3 N–H and O–H groups in total. The average Bonchev–Trinajstić information content (AvgIpc) is 2.85. The van der Waals surface area contributed by atoms with Crippen LogP contribution in [0.2, 0.25) is 5.02 Å². The van der Waals surface area contributed by atoms with Crippen molar-refractivity contribution in [3.63, 3.8) is 0 Å². The summed E-state index contributed by atoms with van der Waals surface area (Å²) in [7, 11) is 0. The van der Waals surface area contributed by atoms with Gasteiger partial charge < -0.3 is 16.0 Å². The number of nitrogens with zero attached hydrogens (tertiary/aromatic N) is 1. The number of hydrogen-bond acceptors (Lipinski definition) is 3. The number of halogens is 1. The van der Waals surface area contributed by atoms with Crippen LogP contribution in [0.3, 0.4) is 0 Å². The summed E-state index contributed by atoms with van der Waals surface area (Å²) in [6, 6.07) is 5.21. The number of nitrogens with two attached hydrogens (primary N) is 1. The van der Waals surface area contributed by atoms with Crippen molar-refractivity contribution in [1.29, 1.82) is 0 Å². The van der Waals surface area contributed by atoms with Crippen LogP contribution < -0.4 is 16.0 Å². The van der Waals surface area contributed by atoms with Crippen molar-refractivity contribution < 1.29 is 9.59 Å². The average molecular weight is 310 g/mol. The van der Waals surface area contributed by atoms with Gasteiger partial charge in [0.2, 0.25) is 11.8 Å². The normalized spacial score (nSPS) is 16.1. The second-order valence-corrected chi connectivity index (χ2v) is 5.69. The van der Waals surface area contributed by atoms with Crippen LogP contribution in [0.4, 0.5) is 11.4 Å². The summed E-state index contributed by atoms with van der Waals surface area (Å²) in [5, 5.41) is 3.28. The molecule has 0 aliphatic carbocycles. The van der Waals surface area contributed by atoms with Gasteiger partial charge >= 0.3 is 0 Å². The van der Waals surface area contributed by atoms with Crippen LogP contribution in [0, 0.1) is 5.92 Å². The van der Waals surface area contributed by atoms with E-state index in [1.54, 1.807) is 23.1 Å². The molecule has 0 spiro atoms. The fourth-order valence-electron chi connectivity index (χ4n) is 2.35. The predicted octanol–water partition coefficient (Wildman–Crippen LogP) is 2.39. The van der Waals surface area contributed by atoms with Gasteiger partial charge in [0, 0.05) is 24.6 Å². The second kappa shape index (κ2) is 6.91.